The van der Waals surface area contributed by atoms with Crippen molar-refractivity contribution in [1.29, 1.82) is 0 Å². The van der Waals surface area contributed by atoms with E-state index in [9.17, 15) is 13.6 Å². The molecule has 2 heterocycles. The molecule has 1 atom stereocenters. The number of alkyl halides is 2. The van der Waals surface area contributed by atoms with Crippen molar-refractivity contribution in [1.82, 2.24) is 10.2 Å². The van der Waals surface area contributed by atoms with Crippen LogP contribution in [0.15, 0.2) is 29.4 Å². The minimum Gasteiger partial charge on any atom is -0.497 e. The van der Waals surface area contributed by atoms with Gasteiger partial charge in [0.25, 0.3) is 11.8 Å². The summed E-state index contributed by atoms with van der Waals surface area (Å²) < 4.78 is 31.1. The molecule has 1 aromatic carbocycles. The van der Waals surface area contributed by atoms with Gasteiger partial charge in [0.1, 0.15) is 11.5 Å². The molecule has 1 N–H and O–H groups in total. The van der Waals surface area contributed by atoms with E-state index in [1.54, 1.807) is 7.11 Å². The molecule has 1 spiro atoms. The highest BCUT2D eigenvalue weighted by molar-refractivity contribution is 6.39. The first-order chi connectivity index (χ1) is 13.4. The van der Waals surface area contributed by atoms with Crippen LogP contribution < -0.4 is 10.1 Å². The number of carbonyl (C=O) groups excluding carboxylic acids is 1. The van der Waals surface area contributed by atoms with Crippen LogP contribution in [0.25, 0.3) is 0 Å². The Balaban J connectivity index is 1.31. The quantitative estimate of drug-likeness (QED) is 0.836. The number of likely N-dealkylation sites (tertiary alicyclic amines) is 1. The van der Waals surface area contributed by atoms with E-state index >= 15 is 0 Å². The highest BCUT2D eigenvalue weighted by atomic mass is 19.3. The molecule has 1 amide bonds. The molecular formula is C20H25F2N3O3. The fourth-order valence-electron chi connectivity index (χ4n) is 4.21. The average Bonchev–Trinajstić information content (AvgIpc) is 3.04. The Labute approximate surface area is 162 Å². The van der Waals surface area contributed by atoms with Crippen LogP contribution in [-0.4, -0.2) is 54.3 Å². The Morgan fingerprint density at radius 1 is 1.36 bits per heavy atom. The molecule has 4 rings (SSSR count). The Hall–Kier alpha value is -2.22. The first kappa shape index (κ1) is 19.1. The van der Waals surface area contributed by atoms with Gasteiger partial charge in [-0.05, 0) is 37.1 Å². The first-order valence-electron chi connectivity index (χ1n) is 9.65. The Bertz CT molecular complexity index is 760. The van der Waals surface area contributed by atoms with Gasteiger partial charge in [0, 0.05) is 38.4 Å². The number of ether oxygens (including phenoxy) is 1. The topological polar surface area (TPSA) is 63.2 Å². The van der Waals surface area contributed by atoms with Gasteiger partial charge < -0.3 is 14.9 Å². The van der Waals surface area contributed by atoms with Gasteiger partial charge in [-0.3, -0.25) is 9.69 Å². The summed E-state index contributed by atoms with van der Waals surface area (Å²) in [4.78, 5) is 20.3. The summed E-state index contributed by atoms with van der Waals surface area (Å²) in [6.07, 6.45) is 1.60. The minimum absolute atomic E-state index is 0.298. The number of halogens is 2. The molecule has 6 nitrogen and oxygen atoms in total. The van der Waals surface area contributed by atoms with Crippen LogP contribution in [0.3, 0.4) is 0 Å². The second-order valence-corrected chi connectivity index (χ2v) is 8.09. The number of oxime groups is 1. The Kier molecular flexibility index (Phi) is 4.99. The van der Waals surface area contributed by atoms with Gasteiger partial charge in [-0.15, -0.1) is 0 Å². The lowest BCUT2D eigenvalue weighted by molar-refractivity contribution is -0.123. The van der Waals surface area contributed by atoms with Gasteiger partial charge in [0.2, 0.25) is 0 Å². The zero-order valence-electron chi connectivity index (χ0n) is 15.9. The highest BCUT2D eigenvalue weighted by Gasteiger charge is 2.48. The molecule has 2 fully saturated rings. The van der Waals surface area contributed by atoms with E-state index in [-0.39, 0.29) is 18.7 Å². The number of rotatable bonds is 5. The summed E-state index contributed by atoms with van der Waals surface area (Å²) in [5, 5.41) is 6.64. The monoisotopic (exact) mass is 393 g/mol. The molecule has 0 aromatic heterocycles. The summed E-state index contributed by atoms with van der Waals surface area (Å²) >= 11 is 0. The third-order valence-electron chi connectivity index (χ3n) is 5.71. The minimum atomic E-state index is -2.65. The van der Waals surface area contributed by atoms with E-state index in [1.807, 2.05) is 24.3 Å². The number of nitrogens with one attached hydrogen (secondary N) is 1. The molecule has 28 heavy (non-hydrogen) atoms. The molecule has 152 valence electrons. The van der Waals surface area contributed by atoms with Crippen LogP contribution >= 0.6 is 0 Å². The molecule has 2 aliphatic heterocycles. The average molecular weight is 393 g/mol. The summed E-state index contributed by atoms with van der Waals surface area (Å²) in [6, 6.07) is 7.49. The van der Waals surface area contributed by atoms with Crippen molar-refractivity contribution in [2.24, 2.45) is 5.16 Å². The van der Waals surface area contributed by atoms with Crippen molar-refractivity contribution in [2.45, 2.75) is 56.2 Å². The Morgan fingerprint density at radius 3 is 2.79 bits per heavy atom. The molecule has 3 aliphatic rings. The van der Waals surface area contributed by atoms with E-state index in [0.717, 1.165) is 31.7 Å². The van der Waals surface area contributed by atoms with Crippen LogP contribution in [0, 0.1) is 0 Å². The number of nitrogens with zero attached hydrogens (tertiary/aromatic N) is 2. The SMILES string of the molecule is COc1ccc(CN2CCCC3(CC(C(=O)NC4CC(F)(F)C4)=NO3)C2)cc1. The van der Waals surface area contributed by atoms with Crippen molar-refractivity contribution in [3.8, 4) is 5.75 Å². The molecule has 1 saturated carbocycles. The first-order valence-corrected chi connectivity index (χ1v) is 9.65. The summed E-state index contributed by atoms with van der Waals surface area (Å²) in [7, 11) is 1.64. The normalized spacial score (nSPS) is 27.0. The fraction of sp³-hybridized carbons (Fsp3) is 0.600. The lowest BCUT2D eigenvalue weighted by atomic mass is 9.86. The molecule has 1 unspecified atom stereocenters. The second-order valence-electron chi connectivity index (χ2n) is 8.09. The smallest absolute Gasteiger partial charge is 0.269 e. The van der Waals surface area contributed by atoms with Crippen molar-refractivity contribution in [3.05, 3.63) is 29.8 Å². The molecule has 1 aliphatic carbocycles. The molecule has 1 saturated heterocycles. The van der Waals surface area contributed by atoms with Gasteiger partial charge >= 0.3 is 0 Å². The lowest BCUT2D eigenvalue weighted by Crippen LogP contribution is -2.53. The number of benzene rings is 1. The van der Waals surface area contributed by atoms with E-state index in [0.29, 0.717) is 18.7 Å². The van der Waals surface area contributed by atoms with Crippen LogP contribution in [0.5, 0.6) is 5.75 Å². The van der Waals surface area contributed by atoms with Crippen molar-refractivity contribution in [3.63, 3.8) is 0 Å². The second kappa shape index (κ2) is 7.31. The van der Waals surface area contributed by atoms with E-state index in [2.05, 4.69) is 15.4 Å². The maximum Gasteiger partial charge on any atom is 0.269 e. The lowest BCUT2D eigenvalue weighted by Gasteiger charge is -2.38. The van der Waals surface area contributed by atoms with Gasteiger partial charge in [0.15, 0.2) is 5.60 Å². The maximum atomic E-state index is 12.9. The third-order valence-corrected chi connectivity index (χ3v) is 5.71. The molecular weight excluding hydrogens is 368 g/mol. The number of hydrogen-bond acceptors (Lipinski definition) is 5. The molecule has 0 radical (unpaired) electrons. The van der Waals surface area contributed by atoms with Crippen LogP contribution in [0.4, 0.5) is 8.78 Å². The van der Waals surface area contributed by atoms with E-state index < -0.39 is 17.6 Å². The summed E-state index contributed by atoms with van der Waals surface area (Å²) in [5.41, 5.74) is 0.989. The predicted octanol–water partition coefficient (Wildman–Crippen LogP) is 2.72. The van der Waals surface area contributed by atoms with Crippen molar-refractivity contribution < 1.29 is 23.1 Å². The Morgan fingerprint density at radius 2 is 2.11 bits per heavy atom. The number of carbonyl (C=O) groups is 1. The molecule has 0 bridgehead atoms. The van der Waals surface area contributed by atoms with Gasteiger partial charge in [0.05, 0.1) is 7.11 Å². The summed E-state index contributed by atoms with van der Waals surface area (Å²) in [6.45, 7) is 2.42. The summed E-state index contributed by atoms with van der Waals surface area (Å²) in [5.74, 6) is -2.21. The largest absolute Gasteiger partial charge is 0.497 e. The number of hydrogen-bond donors (Lipinski definition) is 1. The maximum absolute atomic E-state index is 12.9. The van der Waals surface area contributed by atoms with Gasteiger partial charge in [-0.1, -0.05) is 17.3 Å². The zero-order chi connectivity index (χ0) is 19.8. The van der Waals surface area contributed by atoms with Crippen LogP contribution in [0.1, 0.15) is 37.7 Å². The highest BCUT2D eigenvalue weighted by Crippen LogP contribution is 2.38. The molecule has 1 aromatic rings. The number of piperidine rings is 1. The van der Waals surface area contributed by atoms with Crippen molar-refractivity contribution >= 4 is 11.6 Å². The van der Waals surface area contributed by atoms with Gasteiger partial charge in [-0.2, -0.15) is 0 Å². The van der Waals surface area contributed by atoms with Crippen molar-refractivity contribution in [2.75, 3.05) is 20.2 Å². The van der Waals surface area contributed by atoms with Gasteiger partial charge in [-0.25, -0.2) is 8.78 Å². The zero-order valence-corrected chi connectivity index (χ0v) is 15.9. The third kappa shape index (κ3) is 4.11. The number of methoxy groups -OCH3 is 1. The number of amides is 1. The molecule has 8 heteroatoms. The fourth-order valence-corrected chi connectivity index (χ4v) is 4.21. The van der Waals surface area contributed by atoms with Crippen LogP contribution in [-0.2, 0) is 16.2 Å². The van der Waals surface area contributed by atoms with E-state index in [4.69, 9.17) is 9.57 Å². The van der Waals surface area contributed by atoms with E-state index in [1.165, 1.54) is 5.56 Å². The standard InChI is InChI=1S/C20H25F2N3O3/c1-27-16-5-3-14(4-6-16)12-25-8-2-7-19(13-25)11-17(24-28-19)18(26)23-15-9-20(21,22)10-15/h3-6,15H,2,7-13H2,1H3,(H,23,26). The van der Waals surface area contributed by atoms with Crippen LogP contribution in [0.2, 0.25) is 0 Å². The predicted molar refractivity (Wildman–Crippen MR) is 99.5 cm³/mol.